The molecule has 4 heteroatoms. The number of carbonyl (C=O) groups excluding carboxylic acids is 2. The highest BCUT2D eigenvalue weighted by molar-refractivity contribution is 6.05. The van der Waals surface area contributed by atoms with E-state index in [0.717, 1.165) is 0 Å². The Morgan fingerprint density at radius 1 is 1.54 bits per heavy atom. The SMILES string of the molecule is CN(C)C(=O)C1C2C=C(F)C(=O)C21. The molecule has 0 saturated heterocycles. The van der Waals surface area contributed by atoms with Crippen LogP contribution >= 0.6 is 0 Å². The molecule has 2 aliphatic carbocycles. The molecule has 2 rings (SSSR count). The molecular formula is C9H10FNO2. The highest BCUT2D eigenvalue weighted by atomic mass is 19.1. The van der Waals surface area contributed by atoms with Gasteiger partial charge in [0, 0.05) is 25.9 Å². The lowest BCUT2D eigenvalue weighted by Gasteiger charge is -2.09. The molecule has 0 bridgehead atoms. The number of halogens is 1. The number of ketones is 1. The number of fused-ring (bicyclic) bond motifs is 1. The molecule has 0 aliphatic heterocycles. The van der Waals surface area contributed by atoms with Gasteiger partial charge < -0.3 is 4.90 Å². The van der Waals surface area contributed by atoms with Gasteiger partial charge in [-0.15, -0.1) is 0 Å². The van der Waals surface area contributed by atoms with Gasteiger partial charge in [-0.3, -0.25) is 9.59 Å². The number of amides is 1. The van der Waals surface area contributed by atoms with Gasteiger partial charge in [-0.1, -0.05) is 0 Å². The Hall–Kier alpha value is -1.19. The van der Waals surface area contributed by atoms with Crippen LogP contribution in [0.2, 0.25) is 0 Å². The van der Waals surface area contributed by atoms with E-state index in [1.807, 2.05) is 0 Å². The van der Waals surface area contributed by atoms with E-state index in [1.165, 1.54) is 11.0 Å². The van der Waals surface area contributed by atoms with Crippen molar-refractivity contribution < 1.29 is 14.0 Å². The van der Waals surface area contributed by atoms with E-state index < -0.39 is 17.5 Å². The Labute approximate surface area is 75.2 Å². The third-order valence-electron chi connectivity index (χ3n) is 2.68. The topological polar surface area (TPSA) is 37.4 Å². The number of carbonyl (C=O) groups is 2. The Bertz CT molecular complexity index is 322. The van der Waals surface area contributed by atoms with Crippen molar-refractivity contribution in [2.75, 3.05) is 14.1 Å². The van der Waals surface area contributed by atoms with Crippen LogP contribution in [0.1, 0.15) is 0 Å². The summed E-state index contributed by atoms with van der Waals surface area (Å²) in [5, 5.41) is 0. The van der Waals surface area contributed by atoms with Gasteiger partial charge in [0.2, 0.25) is 5.91 Å². The molecule has 0 aromatic carbocycles. The molecule has 1 fully saturated rings. The molecule has 0 aromatic rings. The van der Waals surface area contributed by atoms with E-state index in [-0.39, 0.29) is 17.7 Å². The van der Waals surface area contributed by atoms with Crippen molar-refractivity contribution in [3.8, 4) is 0 Å². The Kier molecular flexibility index (Phi) is 1.55. The first kappa shape index (κ1) is 8.41. The predicted molar refractivity (Wildman–Crippen MR) is 43.4 cm³/mol. The quantitative estimate of drug-likeness (QED) is 0.589. The van der Waals surface area contributed by atoms with Gasteiger partial charge in [0.05, 0.1) is 5.92 Å². The van der Waals surface area contributed by atoms with Crippen LogP contribution in [0.5, 0.6) is 0 Å². The minimum Gasteiger partial charge on any atom is -0.349 e. The van der Waals surface area contributed by atoms with Crippen LogP contribution in [0, 0.1) is 17.8 Å². The maximum absolute atomic E-state index is 12.6. The first-order valence-electron chi connectivity index (χ1n) is 4.16. The number of nitrogens with zero attached hydrogens (tertiary/aromatic N) is 1. The highest BCUT2D eigenvalue weighted by Crippen LogP contribution is 2.54. The van der Waals surface area contributed by atoms with Gasteiger partial charge in [0.1, 0.15) is 0 Å². The lowest BCUT2D eigenvalue weighted by atomic mass is 10.2. The van der Waals surface area contributed by atoms with Crippen LogP contribution in [0.4, 0.5) is 4.39 Å². The maximum atomic E-state index is 12.6. The summed E-state index contributed by atoms with van der Waals surface area (Å²) in [7, 11) is 3.28. The van der Waals surface area contributed by atoms with Crippen molar-refractivity contribution in [1.29, 1.82) is 0 Å². The van der Waals surface area contributed by atoms with Crippen molar-refractivity contribution >= 4 is 11.7 Å². The van der Waals surface area contributed by atoms with E-state index in [0.29, 0.717) is 0 Å². The van der Waals surface area contributed by atoms with Gasteiger partial charge >= 0.3 is 0 Å². The molecule has 3 unspecified atom stereocenters. The lowest BCUT2D eigenvalue weighted by Crippen LogP contribution is -2.25. The number of hydrogen-bond acceptors (Lipinski definition) is 2. The largest absolute Gasteiger partial charge is 0.349 e. The maximum Gasteiger partial charge on any atom is 0.226 e. The molecule has 2 aliphatic rings. The standard InChI is InChI=1S/C9H10FNO2/c1-11(2)9(13)7-4-3-5(10)8(12)6(4)7/h3-4,6-7H,1-2H3. The molecule has 70 valence electrons. The van der Waals surface area contributed by atoms with Gasteiger partial charge in [0.15, 0.2) is 11.6 Å². The van der Waals surface area contributed by atoms with Crippen molar-refractivity contribution in [3.63, 3.8) is 0 Å². The molecule has 1 saturated carbocycles. The average molecular weight is 183 g/mol. The van der Waals surface area contributed by atoms with Crippen LogP contribution in [-0.4, -0.2) is 30.7 Å². The van der Waals surface area contributed by atoms with Crippen molar-refractivity contribution in [3.05, 3.63) is 11.9 Å². The molecule has 0 N–H and O–H groups in total. The molecule has 0 radical (unpaired) electrons. The van der Waals surface area contributed by atoms with Gasteiger partial charge in [-0.25, -0.2) is 4.39 Å². The van der Waals surface area contributed by atoms with Crippen molar-refractivity contribution in [2.45, 2.75) is 0 Å². The lowest BCUT2D eigenvalue weighted by molar-refractivity contribution is -0.132. The van der Waals surface area contributed by atoms with E-state index in [1.54, 1.807) is 14.1 Å². The highest BCUT2D eigenvalue weighted by Gasteiger charge is 2.62. The molecule has 0 spiro atoms. The van der Waals surface area contributed by atoms with E-state index in [9.17, 15) is 14.0 Å². The third kappa shape index (κ3) is 1.01. The molecule has 0 aromatic heterocycles. The van der Waals surface area contributed by atoms with Crippen LogP contribution in [0.25, 0.3) is 0 Å². The zero-order chi connectivity index (χ0) is 9.75. The van der Waals surface area contributed by atoms with Crippen molar-refractivity contribution in [2.24, 2.45) is 17.8 Å². The first-order chi connectivity index (χ1) is 6.04. The fraction of sp³-hybridized carbons (Fsp3) is 0.556. The van der Waals surface area contributed by atoms with Gasteiger partial charge in [-0.2, -0.15) is 0 Å². The predicted octanol–water partition coefficient (Wildman–Crippen LogP) is 0.373. The fourth-order valence-electron chi connectivity index (χ4n) is 1.91. The summed E-state index contributed by atoms with van der Waals surface area (Å²) in [6.07, 6.45) is 1.28. The number of hydrogen-bond donors (Lipinski definition) is 0. The normalized spacial score (nSPS) is 35.5. The summed E-state index contributed by atoms with van der Waals surface area (Å²) in [6.45, 7) is 0. The summed E-state index contributed by atoms with van der Waals surface area (Å²) in [5.41, 5.74) is 0. The summed E-state index contributed by atoms with van der Waals surface area (Å²) in [5.74, 6) is -2.09. The van der Waals surface area contributed by atoms with Crippen LogP contribution in [0.3, 0.4) is 0 Å². The average Bonchev–Trinajstić information content (AvgIpc) is 2.68. The summed E-state index contributed by atoms with van der Waals surface area (Å²) in [6, 6.07) is 0. The van der Waals surface area contributed by atoms with Gasteiger partial charge in [-0.05, 0) is 6.08 Å². The Morgan fingerprint density at radius 3 is 2.54 bits per heavy atom. The number of rotatable bonds is 1. The summed E-state index contributed by atoms with van der Waals surface area (Å²) in [4.78, 5) is 23.9. The van der Waals surface area contributed by atoms with Gasteiger partial charge in [0.25, 0.3) is 0 Å². The molecule has 0 heterocycles. The zero-order valence-corrected chi connectivity index (χ0v) is 7.45. The summed E-state index contributed by atoms with van der Waals surface area (Å²) >= 11 is 0. The summed E-state index contributed by atoms with van der Waals surface area (Å²) < 4.78 is 12.6. The minimum absolute atomic E-state index is 0.0768. The monoisotopic (exact) mass is 183 g/mol. The van der Waals surface area contributed by atoms with Crippen molar-refractivity contribution in [1.82, 2.24) is 4.90 Å². The Balaban J connectivity index is 2.12. The van der Waals surface area contributed by atoms with Crippen LogP contribution in [-0.2, 0) is 9.59 Å². The Morgan fingerprint density at radius 2 is 2.15 bits per heavy atom. The zero-order valence-electron chi connectivity index (χ0n) is 7.45. The second kappa shape index (κ2) is 2.40. The third-order valence-corrected chi connectivity index (χ3v) is 2.68. The molecule has 1 amide bonds. The van der Waals surface area contributed by atoms with E-state index >= 15 is 0 Å². The smallest absolute Gasteiger partial charge is 0.226 e. The first-order valence-corrected chi connectivity index (χ1v) is 4.16. The fourth-order valence-corrected chi connectivity index (χ4v) is 1.91. The van der Waals surface area contributed by atoms with E-state index in [4.69, 9.17) is 0 Å². The molecule has 3 atom stereocenters. The second-order valence-electron chi connectivity index (χ2n) is 3.74. The number of Topliss-reactive ketones (excluding diaryl/α,β-unsaturated/α-hetero) is 1. The molecule has 13 heavy (non-hydrogen) atoms. The second-order valence-corrected chi connectivity index (χ2v) is 3.74. The van der Waals surface area contributed by atoms with Crippen LogP contribution in [0.15, 0.2) is 11.9 Å². The number of allylic oxidation sites excluding steroid dienone is 2. The minimum atomic E-state index is -0.669. The van der Waals surface area contributed by atoms with Crippen LogP contribution < -0.4 is 0 Å². The molecule has 3 nitrogen and oxygen atoms in total. The van der Waals surface area contributed by atoms with E-state index in [2.05, 4.69) is 0 Å². The molecular weight excluding hydrogens is 173 g/mol.